The number of benzene rings is 3. The number of thiazole rings is 1. The van der Waals surface area contributed by atoms with Crippen LogP contribution in [-0.4, -0.2) is 40.8 Å². The third-order valence-electron chi connectivity index (χ3n) is 5.46. The van der Waals surface area contributed by atoms with Gasteiger partial charge in [0.1, 0.15) is 17.1 Å². The maximum atomic E-state index is 15.6. The topological polar surface area (TPSA) is 122 Å². The standard InChI is InChI=1S/C26H25Cl2FN4O2S.C2HF3O2/c1-4-34-19-9-16(23(29)21(12-19)35-14(2)3)13-33(18-7-5-15(6-8-18)25(30)31)26-32-24-20(28)10-17(27)11-22(24)36-26;3-2(4,5)1(6)7/h5-12,14H,4,13H2,1-3H3,(H3,30,31);(H,6,7). The van der Waals surface area contributed by atoms with Crippen molar-refractivity contribution in [2.24, 2.45) is 5.73 Å². The normalized spacial score (nSPS) is 11.2. The summed E-state index contributed by atoms with van der Waals surface area (Å²) in [5.41, 5.74) is 7.92. The molecule has 0 saturated heterocycles. The van der Waals surface area contributed by atoms with Crippen LogP contribution in [0.15, 0.2) is 48.5 Å². The number of anilines is 2. The maximum absolute atomic E-state index is 15.6. The molecule has 0 unspecified atom stereocenters. The molecule has 0 bridgehead atoms. The van der Waals surface area contributed by atoms with Gasteiger partial charge in [0, 0.05) is 27.9 Å². The van der Waals surface area contributed by atoms with Gasteiger partial charge >= 0.3 is 12.1 Å². The summed E-state index contributed by atoms with van der Waals surface area (Å²) >= 11 is 14.0. The first kappa shape index (κ1) is 33.7. The van der Waals surface area contributed by atoms with E-state index in [0.717, 1.165) is 10.4 Å². The van der Waals surface area contributed by atoms with Gasteiger partial charge in [0.25, 0.3) is 0 Å². The predicted molar refractivity (Wildman–Crippen MR) is 160 cm³/mol. The fourth-order valence-electron chi connectivity index (χ4n) is 3.65. The number of rotatable bonds is 9. The van der Waals surface area contributed by atoms with Crippen molar-refractivity contribution < 1.29 is 36.9 Å². The highest BCUT2D eigenvalue weighted by molar-refractivity contribution is 7.22. The van der Waals surface area contributed by atoms with E-state index in [1.165, 1.54) is 11.3 Å². The predicted octanol–water partition coefficient (Wildman–Crippen LogP) is 8.18. The number of halogens is 6. The van der Waals surface area contributed by atoms with Crippen molar-refractivity contribution in [1.29, 1.82) is 5.41 Å². The molecule has 0 spiro atoms. The van der Waals surface area contributed by atoms with E-state index < -0.39 is 18.0 Å². The lowest BCUT2D eigenvalue weighted by atomic mass is 10.1. The van der Waals surface area contributed by atoms with Gasteiger partial charge in [-0.3, -0.25) is 5.41 Å². The summed E-state index contributed by atoms with van der Waals surface area (Å²) in [6.45, 7) is 6.10. The van der Waals surface area contributed by atoms with Gasteiger partial charge in [0.05, 0.1) is 29.0 Å². The zero-order chi connectivity index (χ0) is 32.1. The van der Waals surface area contributed by atoms with Crippen LogP contribution in [0.1, 0.15) is 31.9 Å². The number of amidine groups is 1. The van der Waals surface area contributed by atoms with Gasteiger partial charge in [-0.15, -0.1) is 0 Å². The number of nitrogens with one attached hydrogen (secondary N) is 1. The van der Waals surface area contributed by atoms with Gasteiger partial charge in [0.15, 0.2) is 16.7 Å². The fourth-order valence-corrected chi connectivity index (χ4v) is 5.36. The number of alkyl halides is 3. The van der Waals surface area contributed by atoms with E-state index >= 15 is 4.39 Å². The van der Waals surface area contributed by atoms with Crippen LogP contribution in [-0.2, 0) is 11.3 Å². The van der Waals surface area contributed by atoms with Crippen molar-refractivity contribution in [3.63, 3.8) is 0 Å². The van der Waals surface area contributed by atoms with Crippen LogP contribution in [0.25, 0.3) is 10.2 Å². The Bertz CT molecular complexity index is 1620. The molecule has 0 radical (unpaired) electrons. The molecule has 0 fully saturated rings. The van der Waals surface area contributed by atoms with Gasteiger partial charge in [-0.2, -0.15) is 13.2 Å². The second-order valence-electron chi connectivity index (χ2n) is 9.07. The number of carbonyl (C=O) groups is 1. The fraction of sp³-hybridized carbons (Fsp3) is 0.250. The molecule has 3 aromatic carbocycles. The molecule has 4 rings (SSSR count). The minimum atomic E-state index is -5.08. The molecule has 4 N–H and O–H groups in total. The number of aromatic nitrogens is 1. The number of nitrogen functional groups attached to an aromatic ring is 1. The van der Waals surface area contributed by atoms with E-state index in [1.54, 1.807) is 36.4 Å². The Morgan fingerprint density at radius 3 is 2.33 bits per heavy atom. The zero-order valence-corrected chi connectivity index (χ0v) is 25.3. The molecule has 0 saturated carbocycles. The molecule has 1 heterocycles. The van der Waals surface area contributed by atoms with E-state index in [0.29, 0.717) is 44.2 Å². The van der Waals surface area contributed by atoms with E-state index in [-0.39, 0.29) is 24.2 Å². The van der Waals surface area contributed by atoms with Crippen LogP contribution in [0, 0.1) is 11.2 Å². The lowest BCUT2D eigenvalue weighted by Crippen LogP contribution is -2.21. The van der Waals surface area contributed by atoms with Crippen molar-refractivity contribution in [1.82, 2.24) is 4.98 Å². The Balaban J connectivity index is 0.000000646. The molecule has 0 aliphatic carbocycles. The van der Waals surface area contributed by atoms with Crippen molar-refractivity contribution in [3.05, 3.63) is 75.5 Å². The average molecular weight is 662 g/mol. The second kappa shape index (κ2) is 14.1. The highest BCUT2D eigenvalue weighted by Gasteiger charge is 2.38. The third-order valence-corrected chi connectivity index (χ3v) is 6.99. The molecule has 0 aliphatic heterocycles. The molecule has 8 nitrogen and oxygen atoms in total. The number of carboxylic acid groups (broad SMARTS) is 1. The largest absolute Gasteiger partial charge is 0.494 e. The number of nitrogens with two attached hydrogens (primary N) is 1. The molecule has 43 heavy (non-hydrogen) atoms. The van der Waals surface area contributed by atoms with Gasteiger partial charge < -0.3 is 25.2 Å². The minimum Gasteiger partial charge on any atom is -0.494 e. The van der Waals surface area contributed by atoms with Crippen LogP contribution >= 0.6 is 34.5 Å². The first-order valence-corrected chi connectivity index (χ1v) is 14.1. The number of hydrogen-bond donors (Lipinski definition) is 3. The van der Waals surface area contributed by atoms with E-state index in [4.69, 9.17) is 58.7 Å². The van der Waals surface area contributed by atoms with Crippen LogP contribution in [0.3, 0.4) is 0 Å². The number of nitrogens with zero attached hydrogens (tertiary/aromatic N) is 2. The zero-order valence-electron chi connectivity index (χ0n) is 22.9. The maximum Gasteiger partial charge on any atom is 0.490 e. The van der Waals surface area contributed by atoms with Crippen LogP contribution < -0.4 is 20.1 Å². The van der Waals surface area contributed by atoms with Crippen molar-refractivity contribution >= 4 is 67.4 Å². The summed E-state index contributed by atoms with van der Waals surface area (Å²) in [6, 6.07) is 13.8. The van der Waals surface area contributed by atoms with Crippen molar-refractivity contribution in [2.75, 3.05) is 11.5 Å². The Morgan fingerprint density at radius 2 is 1.79 bits per heavy atom. The van der Waals surface area contributed by atoms with Gasteiger partial charge in [-0.25, -0.2) is 14.2 Å². The van der Waals surface area contributed by atoms with E-state index in [9.17, 15) is 13.2 Å². The van der Waals surface area contributed by atoms with Gasteiger partial charge in [-0.1, -0.05) is 34.5 Å². The highest BCUT2D eigenvalue weighted by atomic mass is 35.5. The summed E-state index contributed by atoms with van der Waals surface area (Å²) in [4.78, 5) is 15.5. The molecular formula is C28H26Cl2F4N4O4S. The summed E-state index contributed by atoms with van der Waals surface area (Å²) in [6.07, 6.45) is -5.30. The van der Waals surface area contributed by atoms with Crippen LogP contribution in [0.5, 0.6) is 11.5 Å². The molecule has 230 valence electrons. The molecule has 4 aromatic rings. The molecule has 0 aliphatic rings. The Morgan fingerprint density at radius 1 is 1.16 bits per heavy atom. The van der Waals surface area contributed by atoms with Crippen LogP contribution in [0.4, 0.5) is 28.4 Å². The number of fused-ring (bicyclic) bond motifs is 1. The van der Waals surface area contributed by atoms with E-state index in [1.807, 2.05) is 37.8 Å². The molecule has 0 atom stereocenters. The Hall–Kier alpha value is -3.81. The number of ether oxygens (including phenoxy) is 2. The third kappa shape index (κ3) is 8.85. The summed E-state index contributed by atoms with van der Waals surface area (Å²) < 4.78 is 59.6. The summed E-state index contributed by atoms with van der Waals surface area (Å²) in [7, 11) is 0. The molecule has 1 aromatic heterocycles. The monoisotopic (exact) mass is 660 g/mol. The van der Waals surface area contributed by atoms with Gasteiger partial charge in [-0.05, 0) is 63.2 Å². The smallest absolute Gasteiger partial charge is 0.490 e. The van der Waals surface area contributed by atoms with Gasteiger partial charge in [0.2, 0.25) is 0 Å². The first-order chi connectivity index (χ1) is 20.1. The lowest BCUT2D eigenvalue weighted by Gasteiger charge is -2.24. The molecule has 15 heteroatoms. The molecular weight excluding hydrogens is 635 g/mol. The molecule has 0 amide bonds. The average Bonchev–Trinajstić information content (AvgIpc) is 3.33. The van der Waals surface area contributed by atoms with Crippen molar-refractivity contribution in [3.8, 4) is 11.5 Å². The Labute approximate surface area is 258 Å². The number of carboxylic acids is 1. The second-order valence-corrected chi connectivity index (χ2v) is 10.9. The summed E-state index contributed by atoms with van der Waals surface area (Å²) in [5.74, 6) is -2.64. The van der Waals surface area contributed by atoms with Crippen molar-refractivity contribution in [2.45, 2.75) is 39.6 Å². The summed E-state index contributed by atoms with van der Waals surface area (Å²) in [5, 5.41) is 16.4. The minimum absolute atomic E-state index is 0.0413. The first-order valence-electron chi connectivity index (χ1n) is 12.5. The SMILES string of the molecule is CCOc1cc(CN(c2ccc(C(=N)N)cc2)c2nc3c(Cl)cc(Cl)cc3s2)c(F)c(OC(C)C)c1.O=C(O)C(F)(F)F. The highest BCUT2D eigenvalue weighted by Crippen LogP contribution is 2.40. The quantitative estimate of drug-likeness (QED) is 0.0940. The number of aliphatic carboxylic acids is 1. The van der Waals surface area contributed by atoms with Crippen LogP contribution in [0.2, 0.25) is 10.0 Å². The van der Waals surface area contributed by atoms with E-state index in [2.05, 4.69) is 0 Å². The lowest BCUT2D eigenvalue weighted by molar-refractivity contribution is -0.192. The number of hydrogen-bond acceptors (Lipinski definition) is 7. The Kier molecular flexibility index (Phi) is 11.1.